The number of aromatic carboxylic acids is 1. The number of anilines is 2. The molecule has 0 unspecified atom stereocenters. The van der Waals surface area contributed by atoms with Gasteiger partial charge >= 0.3 is 5.97 Å². The summed E-state index contributed by atoms with van der Waals surface area (Å²) >= 11 is 0. The molecule has 0 radical (unpaired) electrons. The first-order valence-corrected chi connectivity index (χ1v) is 7.59. The normalized spacial score (nSPS) is 15.4. The van der Waals surface area contributed by atoms with E-state index in [0.29, 0.717) is 5.82 Å². The van der Waals surface area contributed by atoms with Crippen LogP contribution in [0.2, 0.25) is 0 Å². The van der Waals surface area contributed by atoms with Crippen LogP contribution >= 0.6 is 0 Å². The molecular weight excluding hydrogens is 297 g/mol. The summed E-state index contributed by atoms with van der Waals surface area (Å²) in [6.07, 6.45) is 3.35. The van der Waals surface area contributed by atoms with Gasteiger partial charge < -0.3 is 15.3 Å². The number of hydrogen-bond acceptors (Lipinski definition) is 4. The number of nitrogens with one attached hydrogen (secondary N) is 1. The van der Waals surface area contributed by atoms with Crippen LogP contribution < -0.4 is 10.2 Å². The Morgan fingerprint density at radius 3 is 2.57 bits per heavy atom. The maximum atomic E-state index is 12.9. The molecule has 23 heavy (non-hydrogen) atoms. The number of carboxylic acids is 1. The van der Waals surface area contributed by atoms with E-state index in [4.69, 9.17) is 0 Å². The predicted molar refractivity (Wildman–Crippen MR) is 86.5 cm³/mol. The van der Waals surface area contributed by atoms with Crippen LogP contribution in [0.15, 0.2) is 42.6 Å². The average Bonchev–Trinajstić information content (AvgIpc) is 2.58. The Hall–Kier alpha value is -2.63. The summed E-state index contributed by atoms with van der Waals surface area (Å²) in [6.45, 7) is 1.46. The lowest BCUT2D eigenvalue weighted by molar-refractivity contribution is 0.0697. The summed E-state index contributed by atoms with van der Waals surface area (Å²) < 4.78 is 12.9. The van der Waals surface area contributed by atoms with Gasteiger partial charge in [0.15, 0.2) is 0 Å². The summed E-state index contributed by atoms with van der Waals surface area (Å²) in [7, 11) is 0. The smallest absolute Gasteiger partial charge is 0.339 e. The minimum absolute atomic E-state index is 0.234. The highest BCUT2D eigenvalue weighted by atomic mass is 19.1. The van der Waals surface area contributed by atoms with E-state index in [1.165, 1.54) is 12.1 Å². The molecule has 2 heterocycles. The quantitative estimate of drug-likeness (QED) is 0.908. The third kappa shape index (κ3) is 3.59. The SMILES string of the molecule is O=C(O)c1cccnc1N1CCC(Nc2ccc(F)cc2)CC1. The van der Waals surface area contributed by atoms with Crippen molar-refractivity contribution in [2.45, 2.75) is 18.9 Å². The largest absolute Gasteiger partial charge is 0.478 e. The van der Waals surface area contributed by atoms with Gasteiger partial charge in [0.05, 0.1) is 0 Å². The van der Waals surface area contributed by atoms with Gasteiger partial charge in [-0.15, -0.1) is 0 Å². The van der Waals surface area contributed by atoms with Crippen LogP contribution in [0.25, 0.3) is 0 Å². The second-order valence-electron chi connectivity index (χ2n) is 5.59. The lowest BCUT2D eigenvalue weighted by atomic mass is 10.0. The molecule has 120 valence electrons. The molecular formula is C17H18FN3O2. The Kier molecular flexibility index (Phi) is 4.41. The molecule has 1 aliphatic heterocycles. The number of carboxylic acid groups (broad SMARTS) is 1. The first kappa shape index (κ1) is 15.3. The first-order valence-electron chi connectivity index (χ1n) is 7.59. The molecule has 0 bridgehead atoms. The zero-order valence-corrected chi connectivity index (χ0v) is 12.6. The molecule has 2 aromatic rings. The van der Waals surface area contributed by atoms with E-state index in [1.807, 2.05) is 4.90 Å². The number of hydrogen-bond donors (Lipinski definition) is 2. The fourth-order valence-corrected chi connectivity index (χ4v) is 2.83. The van der Waals surface area contributed by atoms with E-state index in [2.05, 4.69) is 10.3 Å². The average molecular weight is 315 g/mol. The van der Waals surface area contributed by atoms with Gasteiger partial charge in [0.2, 0.25) is 0 Å². The Bertz CT molecular complexity index is 682. The van der Waals surface area contributed by atoms with Crippen LogP contribution in [0.1, 0.15) is 23.2 Å². The molecule has 1 aliphatic rings. The second kappa shape index (κ2) is 6.64. The highest BCUT2D eigenvalue weighted by Crippen LogP contribution is 2.23. The minimum atomic E-state index is -0.959. The maximum Gasteiger partial charge on any atom is 0.339 e. The van der Waals surface area contributed by atoms with Gasteiger partial charge in [-0.2, -0.15) is 0 Å². The van der Waals surface area contributed by atoms with E-state index >= 15 is 0 Å². The molecule has 0 saturated carbocycles. The third-order valence-corrected chi connectivity index (χ3v) is 4.03. The lowest BCUT2D eigenvalue weighted by Crippen LogP contribution is -2.40. The van der Waals surface area contributed by atoms with Gasteiger partial charge in [0, 0.05) is 31.0 Å². The highest BCUT2D eigenvalue weighted by molar-refractivity contribution is 5.93. The van der Waals surface area contributed by atoms with Crippen LogP contribution in [0.5, 0.6) is 0 Å². The number of pyridine rings is 1. The molecule has 0 atom stereocenters. The van der Waals surface area contributed by atoms with Crippen LogP contribution in [-0.2, 0) is 0 Å². The monoisotopic (exact) mass is 315 g/mol. The number of carbonyl (C=O) groups is 1. The molecule has 1 aromatic carbocycles. The predicted octanol–water partition coefficient (Wildman–Crippen LogP) is 3.00. The summed E-state index contributed by atoms with van der Waals surface area (Å²) in [5.41, 5.74) is 1.13. The van der Waals surface area contributed by atoms with Crippen LogP contribution in [0.3, 0.4) is 0 Å². The molecule has 0 spiro atoms. The van der Waals surface area contributed by atoms with Crippen molar-refractivity contribution >= 4 is 17.5 Å². The van der Waals surface area contributed by atoms with Crippen molar-refractivity contribution in [3.63, 3.8) is 0 Å². The molecule has 1 saturated heterocycles. The topological polar surface area (TPSA) is 65.5 Å². The lowest BCUT2D eigenvalue weighted by Gasteiger charge is -2.34. The molecule has 0 amide bonds. The van der Waals surface area contributed by atoms with Crippen molar-refractivity contribution in [1.82, 2.24) is 4.98 Å². The van der Waals surface area contributed by atoms with Gasteiger partial charge in [-0.25, -0.2) is 14.2 Å². The van der Waals surface area contributed by atoms with Crippen LogP contribution in [-0.4, -0.2) is 35.2 Å². The third-order valence-electron chi connectivity index (χ3n) is 4.03. The molecule has 3 rings (SSSR count). The number of benzene rings is 1. The van der Waals surface area contributed by atoms with Gasteiger partial charge in [0.1, 0.15) is 17.2 Å². The Morgan fingerprint density at radius 2 is 1.91 bits per heavy atom. The zero-order chi connectivity index (χ0) is 16.2. The highest BCUT2D eigenvalue weighted by Gasteiger charge is 2.23. The summed E-state index contributed by atoms with van der Waals surface area (Å²) in [5, 5.41) is 12.6. The van der Waals surface area contributed by atoms with Gasteiger partial charge in [-0.3, -0.25) is 0 Å². The summed E-state index contributed by atoms with van der Waals surface area (Å²) in [6, 6.07) is 9.82. The van der Waals surface area contributed by atoms with Gasteiger partial charge in [-0.1, -0.05) is 0 Å². The van der Waals surface area contributed by atoms with Crippen molar-refractivity contribution in [1.29, 1.82) is 0 Å². The van der Waals surface area contributed by atoms with Crippen LogP contribution in [0.4, 0.5) is 15.9 Å². The molecule has 0 aliphatic carbocycles. The van der Waals surface area contributed by atoms with Crippen molar-refractivity contribution in [2.75, 3.05) is 23.3 Å². The Balaban J connectivity index is 1.62. The van der Waals surface area contributed by atoms with Gasteiger partial charge in [-0.05, 0) is 49.2 Å². The number of piperidine rings is 1. The zero-order valence-electron chi connectivity index (χ0n) is 12.6. The van der Waals surface area contributed by atoms with E-state index in [0.717, 1.165) is 31.6 Å². The molecule has 6 heteroatoms. The van der Waals surface area contributed by atoms with Gasteiger partial charge in [0.25, 0.3) is 0 Å². The van der Waals surface area contributed by atoms with Crippen molar-refractivity contribution in [3.05, 3.63) is 54.0 Å². The Labute approximate surface area is 133 Å². The fraction of sp³-hybridized carbons (Fsp3) is 0.294. The first-order chi connectivity index (χ1) is 11.1. The van der Waals surface area contributed by atoms with Crippen LogP contribution in [0, 0.1) is 5.82 Å². The molecule has 1 aromatic heterocycles. The van der Waals surface area contributed by atoms with E-state index in [9.17, 15) is 14.3 Å². The maximum absolute atomic E-state index is 12.9. The standard InChI is InChI=1S/C17H18FN3O2/c18-12-3-5-13(6-4-12)20-14-7-10-21(11-8-14)16-15(17(22)23)2-1-9-19-16/h1-6,9,14,20H,7-8,10-11H2,(H,22,23). The molecule has 1 fully saturated rings. The summed E-state index contributed by atoms with van der Waals surface area (Å²) in [5.74, 6) is -0.679. The van der Waals surface area contributed by atoms with Crippen molar-refractivity contribution < 1.29 is 14.3 Å². The molecule has 5 nitrogen and oxygen atoms in total. The van der Waals surface area contributed by atoms with Crippen molar-refractivity contribution in [3.8, 4) is 0 Å². The van der Waals surface area contributed by atoms with Crippen molar-refractivity contribution in [2.24, 2.45) is 0 Å². The Morgan fingerprint density at radius 1 is 1.22 bits per heavy atom. The molecule has 2 N–H and O–H groups in total. The fourth-order valence-electron chi connectivity index (χ4n) is 2.83. The van der Waals surface area contributed by atoms with E-state index < -0.39 is 5.97 Å². The number of nitrogens with zero attached hydrogens (tertiary/aromatic N) is 2. The summed E-state index contributed by atoms with van der Waals surface area (Å²) in [4.78, 5) is 17.5. The number of aromatic nitrogens is 1. The minimum Gasteiger partial charge on any atom is -0.478 e. The van der Waals surface area contributed by atoms with E-state index in [1.54, 1.807) is 30.5 Å². The van der Waals surface area contributed by atoms with E-state index in [-0.39, 0.29) is 17.4 Å². The second-order valence-corrected chi connectivity index (χ2v) is 5.59. The number of rotatable bonds is 4. The number of halogens is 1.